The summed E-state index contributed by atoms with van der Waals surface area (Å²) in [6.07, 6.45) is 1.38. The van der Waals surface area contributed by atoms with Crippen LogP contribution in [0.3, 0.4) is 0 Å². The lowest BCUT2D eigenvalue weighted by atomic mass is 10.1. The molecule has 35 heavy (non-hydrogen) atoms. The molecule has 0 aliphatic carbocycles. The minimum Gasteiger partial charge on any atom is -0.302 e. The molecule has 0 saturated heterocycles. The number of allylic oxidation sites excluding steroid dienone is 1. The molecular formula is C26H27ClN4O3S. The van der Waals surface area contributed by atoms with Gasteiger partial charge < -0.3 is 5.43 Å². The van der Waals surface area contributed by atoms with E-state index < -0.39 is 16.0 Å². The molecule has 1 aliphatic heterocycles. The number of thiol groups is 1. The zero-order chi connectivity index (χ0) is 25.5. The summed E-state index contributed by atoms with van der Waals surface area (Å²) in [4.78, 5) is 28.2. The van der Waals surface area contributed by atoms with E-state index in [1.165, 1.54) is 24.5 Å². The predicted octanol–water partition coefficient (Wildman–Crippen LogP) is 4.18. The molecule has 3 aromatic carbocycles. The quantitative estimate of drug-likeness (QED) is 0.235. The number of carbonyl (C=O) groups is 2. The van der Waals surface area contributed by atoms with E-state index in [0.29, 0.717) is 11.3 Å². The van der Waals surface area contributed by atoms with Gasteiger partial charge in [0.2, 0.25) is 0 Å². The van der Waals surface area contributed by atoms with E-state index in [-0.39, 0.29) is 21.4 Å². The van der Waals surface area contributed by atoms with Gasteiger partial charge in [-0.1, -0.05) is 35.9 Å². The average molecular weight is 511 g/mol. The van der Waals surface area contributed by atoms with Crippen LogP contribution in [-0.2, 0) is 14.9 Å². The van der Waals surface area contributed by atoms with E-state index in [1.807, 2.05) is 56.3 Å². The zero-order valence-corrected chi connectivity index (χ0v) is 21.5. The van der Waals surface area contributed by atoms with Gasteiger partial charge in [0.1, 0.15) is 0 Å². The van der Waals surface area contributed by atoms with Crippen molar-refractivity contribution >= 4 is 50.5 Å². The lowest BCUT2D eigenvalue weighted by Crippen LogP contribution is -2.37. The van der Waals surface area contributed by atoms with Crippen LogP contribution in [0.4, 0.5) is 11.4 Å². The minimum absolute atomic E-state index is 0.197. The van der Waals surface area contributed by atoms with Crippen molar-refractivity contribution in [1.82, 2.24) is 10.9 Å². The molecule has 4 rings (SSSR count). The average Bonchev–Trinajstić information content (AvgIpc) is 3.10. The molecule has 0 unspecified atom stereocenters. The number of hydrogen-bond donors (Lipinski definition) is 4. The monoisotopic (exact) mass is 510 g/mol. The number of halogens is 1. The van der Waals surface area contributed by atoms with Crippen molar-refractivity contribution in [2.24, 2.45) is 5.14 Å². The molecule has 0 bridgehead atoms. The van der Waals surface area contributed by atoms with E-state index in [4.69, 9.17) is 16.7 Å². The molecule has 0 spiro atoms. The fourth-order valence-electron chi connectivity index (χ4n) is 3.98. The van der Waals surface area contributed by atoms with Gasteiger partial charge in [0.25, 0.3) is 11.8 Å². The highest BCUT2D eigenvalue weighted by molar-refractivity contribution is 8.00. The summed E-state index contributed by atoms with van der Waals surface area (Å²) in [6.45, 7) is 5.76. The third kappa shape index (κ3) is 4.73. The maximum Gasteiger partial charge on any atom is 0.269 e. The summed E-state index contributed by atoms with van der Waals surface area (Å²) >= 11 is 6.10. The molecule has 4 N–H and O–H groups in total. The lowest BCUT2D eigenvalue weighted by Gasteiger charge is -2.19. The largest absolute Gasteiger partial charge is 0.302 e. The third-order valence-electron chi connectivity index (χ3n) is 6.01. The first-order valence-corrected chi connectivity index (χ1v) is 13.5. The van der Waals surface area contributed by atoms with E-state index in [9.17, 15) is 13.8 Å². The lowest BCUT2D eigenvalue weighted by molar-refractivity contribution is -0.112. The normalized spacial score (nSPS) is 15.0. The summed E-state index contributed by atoms with van der Waals surface area (Å²) in [7, 11) is -3.16. The van der Waals surface area contributed by atoms with Crippen LogP contribution in [-0.4, -0.2) is 22.3 Å². The number of anilines is 2. The fraction of sp³-hybridized carbons (Fsp3) is 0.154. The predicted molar refractivity (Wildman–Crippen MR) is 142 cm³/mol. The maximum absolute atomic E-state index is 13.6. The Morgan fingerprint density at radius 3 is 2.40 bits per heavy atom. The number of aryl methyl sites for hydroxylation is 2. The van der Waals surface area contributed by atoms with Crippen LogP contribution in [0.2, 0.25) is 5.02 Å². The molecule has 0 radical (unpaired) electrons. The molecule has 3 aromatic rings. The summed E-state index contributed by atoms with van der Waals surface area (Å²) in [5.41, 5.74) is 11.2. The van der Waals surface area contributed by atoms with Gasteiger partial charge >= 0.3 is 0 Å². The highest BCUT2D eigenvalue weighted by atomic mass is 35.5. The van der Waals surface area contributed by atoms with Crippen LogP contribution >= 0.6 is 11.6 Å². The Labute approximate surface area is 210 Å². The van der Waals surface area contributed by atoms with Crippen LogP contribution in [0.1, 0.15) is 34.0 Å². The van der Waals surface area contributed by atoms with Gasteiger partial charge in [0.05, 0.1) is 16.3 Å². The van der Waals surface area contributed by atoms with Gasteiger partial charge in [0.15, 0.2) is 0 Å². The molecule has 0 atom stereocenters. The zero-order valence-electron chi connectivity index (χ0n) is 19.8. The SMILES string of the molecule is C/C(NNC(=O)c1ccc(Cl)c([SH](C)(N)=O)c1)=C1/C(=O)N(c2ccc(C)c(C)c2)c2ccccc21. The van der Waals surface area contributed by atoms with Crippen molar-refractivity contribution in [1.29, 1.82) is 0 Å². The molecule has 182 valence electrons. The van der Waals surface area contributed by atoms with Crippen molar-refractivity contribution in [2.75, 3.05) is 11.2 Å². The first-order chi connectivity index (χ1) is 16.5. The highest BCUT2D eigenvalue weighted by Gasteiger charge is 2.35. The van der Waals surface area contributed by atoms with Gasteiger partial charge in [0, 0.05) is 33.7 Å². The molecule has 0 fully saturated rings. The number of benzene rings is 3. The second kappa shape index (κ2) is 9.30. The topological polar surface area (TPSA) is 105 Å². The van der Waals surface area contributed by atoms with Crippen molar-refractivity contribution < 1.29 is 13.8 Å². The summed E-state index contributed by atoms with van der Waals surface area (Å²) in [5, 5.41) is 5.98. The molecule has 0 saturated carbocycles. The first-order valence-electron chi connectivity index (χ1n) is 10.9. The Morgan fingerprint density at radius 1 is 1.00 bits per heavy atom. The Kier molecular flexibility index (Phi) is 6.55. The summed E-state index contributed by atoms with van der Waals surface area (Å²) in [5.74, 6) is -0.682. The van der Waals surface area contributed by atoms with Crippen LogP contribution in [0, 0.1) is 13.8 Å². The molecule has 1 heterocycles. The molecule has 2 amide bonds. The van der Waals surface area contributed by atoms with E-state index in [2.05, 4.69) is 10.9 Å². The second-order valence-electron chi connectivity index (χ2n) is 8.66. The number of hydrogen-bond acceptors (Lipinski definition) is 4. The number of carbonyl (C=O) groups excluding carboxylic acids is 2. The van der Waals surface area contributed by atoms with Gasteiger partial charge in [-0.15, -0.1) is 0 Å². The number of nitrogens with zero attached hydrogens (tertiary/aromatic N) is 1. The molecule has 9 heteroatoms. The second-order valence-corrected chi connectivity index (χ2v) is 11.5. The molecule has 1 aliphatic rings. The molecule has 0 aromatic heterocycles. The standard InChI is InChI=1S/C26H27ClN4O3S/c1-15-9-11-19(13-16(15)2)31-22-8-6-5-7-20(22)24(26(31)33)17(3)29-30-25(32)18-10-12-21(27)23(14-18)35(4,28)34/h5-14,29,35H,1-4H3,(H2,28,34)(H,30,32)/b24-17-. The van der Waals surface area contributed by atoms with Crippen molar-refractivity contribution in [2.45, 2.75) is 25.7 Å². The number of amides is 2. The van der Waals surface area contributed by atoms with Crippen LogP contribution in [0.15, 0.2) is 71.3 Å². The van der Waals surface area contributed by atoms with Crippen molar-refractivity contribution in [3.05, 3.63) is 93.6 Å². The van der Waals surface area contributed by atoms with Crippen molar-refractivity contribution in [3.8, 4) is 0 Å². The minimum atomic E-state index is -3.16. The number of fused-ring (bicyclic) bond motifs is 1. The van der Waals surface area contributed by atoms with Gasteiger partial charge in [-0.2, -0.15) is 0 Å². The number of nitrogens with two attached hydrogens (primary N) is 1. The summed E-state index contributed by atoms with van der Waals surface area (Å²) in [6, 6.07) is 17.8. The maximum atomic E-state index is 13.6. The third-order valence-corrected chi connectivity index (χ3v) is 7.79. The fourth-order valence-corrected chi connectivity index (χ4v) is 5.49. The Hall–Kier alpha value is -3.46. The Balaban J connectivity index is 1.63. The molecular weight excluding hydrogens is 484 g/mol. The van der Waals surface area contributed by atoms with Crippen LogP contribution in [0.25, 0.3) is 5.57 Å². The van der Waals surface area contributed by atoms with Crippen LogP contribution in [0.5, 0.6) is 0 Å². The summed E-state index contributed by atoms with van der Waals surface area (Å²) < 4.78 is 12.3. The van der Waals surface area contributed by atoms with Gasteiger partial charge in [-0.05, 0) is 78.4 Å². The Bertz CT molecular complexity index is 1440. The van der Waals surface area contributed by atoms with E-state index in [0.717, 1.165) is 28.1 Å². The number of rotatable bonds is 5. The van der Waals surface area contributed by atoms with Gasteiger partial charge in [-0.3, -0.25) is 29.3 Å². The number of para-hydroxylation sites is 1. The first kappa shape index (κ1) is 24.7. The highest BCUT2D eigenvalue weighted by Crippen LogP contribution is 2.42. The molecule has 7 nitrogen and oxygen atoms in total. The number of hydrazine groups is 1. The smallest absolute Gasteiger partial charge is 0.269 e. The van der Waals surface area contributed by atoms with Crippen LogP contribution < -0.4 is 20.9 Å². The van der Waals surface area contributed by atoms with Gasteiger partial charge in [-0.25, -0.2) is 0 Å². The Morgan fingerprint density at radius 2 is 1.71 bits per heavy atom. The van der Waals surface area contributed by atoms with Crippen molar-refractivity contribution in [3.63, 3.8) is 0 Å². The number of nitrogens with one attached hydrogen (secondary N) is 2. The van der Waals surface area contributed by atoms with E-state index in [1.54, 1.807) is 11.8 Å². The van der Waals surface area contributed by atoms with E-state index >= 15 is 0 Å².